The van der Waals surface area contributed by atoms with Crippen LogP contribution in [0.25, 0.3) is 11.0 Å². The van der Waals surface area contributed by atoms with E-state index in [1.54, 1.807) is 35.8 Å². The number of alkyl halides is 6. The summed E-state index contributed by atoms with van der Waals surface area (Å²) in [4.78, 5) is 16.7. The molecule has 0 spiro atoms. The number of rotatable bonds is 7. The molecule has 0 unspecified atom stereocenters. The Hall–Kier alpha value is -3.47. The van der Waals surface area contributed by atoms with E-state index in [4.69, 9.17) is 4.74 Å². The number of fused-ring (bicyclic) bond motifs is 1. The van der Waals surface area contributed by atoms with Crippen LogP contribution in [-0.2, 0) is 29.4 Å². The minimum Gasteiger partial charge on any atom is -0.462 e. The van der Waals surface area contributed by atoms with Crippen LogP contribution in [0.5, 0.6) is 0 Å². The van der Waals surface area contributed by atoms with Gasteiger partial charge in [-0.15, -0.1) is 0 Å². The van der Waals surface area contributed by atoms with Crippen molar-refractivity contribution in [1.82, 2.24) is 9.55 Å². The first kappa shape index (κ1) is 26.6. The lowest BCUT2D eigenvalue weighted by atomic mass is 10.1. The predicted molar refractivity (Wildman–Crippen MR) is 127 cm³/mol. The number of carbonyl (C=O) groups excluding carboxylic acids is 1. The lowest BCUT2D eigenvalue weighted by molar-refractivity contribution is -0.138. The molecule has 0 N–H and O–H groups in total. The molecule has 0 atom stereocenters. The molecule has 3 aromatic carbocycles. The van der Waals surface area contributed by atoms with Gasteiger partial charge in [-0.05, 0) is 54.4 Å². The topological polar surface area (TPSA) is 44.1 Å². The minimum atomic E-state index is -4.47. The Bertz CT molecular complexity index is 1410. The summed E-state index contributed by atoms with van der Waals surface area (Å²) in [5, 5.41) is 0.438. The molecule has 0 aliphatic carbocycles. The largest absolute Gasteiger partial charge is 0.462 e. The highest BCUT2D eigenvalue weighted by molar-refractivity contribution is 7.98. The number of carbonyl (C=O) groups is 1. The van der Waals surface area contributed by atoms with Gasteiger partial charge in [0.1, 0.15) is 0 Å². The number of nitrogens with zero attached hydrogens (tertiary/aromatic N) is 2. The number of imidazole rings is 1. The first-order chi connectivity index (χ1) is 17.5. The fourth-order valence-electron chi connectivity index (χ4n) is 3.68. The number of thioether (sulfide) groups is 1. The van der Waals surface area contributed by atoms with Crippen molar-refractivity contribution in [2.75, 3.05) is 6.61 Å². The Labute approximate surface area is 212 Å². The number of benzene rings is 3. The van der Waals surface area contributed by atoms with E-state index >= 15 is 0 Å². The number of hydrogen-bond acceptors (Lipinski definition) is 4. The second-order valence-electron chi connectivity index (χ2n) is 8.09. The van der Waals surface area contributed by atoms with Gasteiger partial charge < -0.3 is 9.30 Å². The molecule has 0 amide bonds. The SMILES string of the molecule is CCOC(=O)c1ccc2c(c1)nc(SCc1cccc(C(F)(F)F)c1)n2Cc1ccc(C(F)(F)F)cc1. The molecule has 0 radical (unpaired) electrons. The first-order valence-electron chi connectivity index (χ1n) is 11.1. The van der Waals surface area contributed by atoms with Gasteiger partial charge in [-0.1, -0.05) is 42.1 Å². The number of hydrogen-bond donors (Lipinski definition) is 0. The van der Waals surface area contributed by atoms with Gasteiger partial charge in [0, 0.05) is 5.75 Å². The summed E-state index contributed by atoms with van der Waals surface area (Å²) >= 11 is 1.18. The van der Waals surface area contributed by atoms with Gasteiger partial charge in [0.2, 0.25) is 0 Å². The van der Waals surface area contributed by atoms with Gasteiger partial charge in [0.15, 0.2) is 5.16 Å². The summed E-state index contributed by atoms with van der Waals surface area (Å²) in [6.45, 7) is 2.04. The van der Waals surface area contributed by atoms with Crippen LogP contribution in [0.1, 0.15) is 39.5 Å². The third-order valence-electron chi connectivity index (χ3n) is 5.47. The lowest BCUT2D eigenvalue weighted by Gasteiger charge is -2.12. The zero-order valence-corrected chi connectivity index (χ0v) is 20.2. The Balaban J connectivity index is 1.68. The van der Waals surface area contributed by atoms with E-state index in [-0.39, 0.29) is 24.5 Å². The minimum absolute atomic E-state index is 0.165. The van der Waals surface area contributed by atoms with Crippen molar-refractivity contribution in [3.8, 4) is 0 Å². The first-order valence-corrected chi connectivity index (χ1v) is 12.1. The summed E-state index contributed by atoms with van der Waals surface area (Å²) in [5.41, 5.74) is 0.808. The van der Waals surface area contributed by atoms with Gasteiger partial charge in [-0.3, -0.25) is 0 Å². The van der Waals surface area contributed by atoms with Crippen molar-refractivity contribution < 1.29 is 35.9 Å². The highest BCUT2D eigenvalue weighted by Crippen LogP contribution is 2.33. The zero-order chi connectivity index (χ0) is 26.8. The quantitative estimate of drug-likeness (QED) is 0.138. The fourth-order valence-corrected chi connectivity index (χ4v) is 4.64. The maximum atomic E-state index is 13.1. The number of ether oxygens (including phenoxy) is 1. The lowest BCUT2D eigenvalue weighted by Crippen LogP contribution is -2.06. The van der Waals surface area contributed by atoms with Crippen LogP contribution in [0.3, 0.4) is 0 Å². The van der Waals surface area contributed by atoms with E-state index in [2.05, 4.69) is 4.98 Å². The molecule has 0 saturated heterocycles. The molecule has 1 heterocycles. The average Bonchev–Trinajstić information content (AvgIpc) is 3.18. The highest BCUT2D eigenvalue weighted by atomic mass is 32.2. The maximum absolute atomic E-state index is 13.1. The summed E-state index contributed by atoms with van der Waals surface area (Å²) in [5.74, 6) is -0.356. The van der Waals surface area contributed by atoms with E-state index in [1.807, 2.05) is 0 Å². The molecule has 194 valence electrons. The van der Waals surface area contributed by atoms with Crippen LogP contribution >= 0.6 is 11.8 Å². The van der Waals surface area contributed by atoms with Crippen molar-refractivity contribution in [3.05, 3.63) is 94.5 Å². The molecule has 0 fully saturated rings. The molecular formula is C26H20F6N2O2S. The van der Waals surface area contributed by atoms with E-state index in [0.717, 1.165) is 24.3 Å². The smallest absolute Gasteiger partial charge is 0.416 e. The van der Waals surface area contributed by atoms with E-state index < -0.39 is 29.4 Å². The molecule has 0 aliphatic rings. The van der Waals surface area contributed by atoms with Gasteiger partial charge in [0.05, 0.1) is 40.9 Å². The molecule has 37 heavy (non-hydrogen) atoms. The Morgan fingerprint density at radius 2 is 1.59 bits per heavy atom. The molecule has 0 saturated carbocycles. The van der Waals surface area contributed by atoms with Gasteiger partial charge >= 0.3 is 18.3 Å². The predicted octanol–water partition coefficient (Wildman–Crippen LogP) is 7.59. The zero-order valence-electron chi connectivity index (χ0n) is 19.4. The standard InChI is InChI=1S/C26H20F6N2O2S/c1-2-36-23(35)18-8-11-22-21(13-18)33-24(37-15-17-4-3-5-20(12-17)26(30,31)32)34(22)14-16-6-9-19(10-7-16)25(27,28)29/h3-13H,2,14-15H2,1H3. The molecule has 0 bridgehead atoms. The van der Waals surface area contributed by atoms with Crippen LogP contribution in [0.4, 0.5) is 26.3 Å². The van der Waals surface area contributed by atoms with Gasteiger partial charge in [-0.25, -0.2) is 9.78 Å². The Morgan fingerprint density at radius 1 is 0.892 bits per heavy atom. The van der Waals surface area contributed by atoms with Crippen LogP contribution in [0, 0.1) is 0 Å². The molecule has 4 nitrogen and oxygen atoms in total. The monoisotopic (exact) mass is 538 g/mol. The van der Waals surface area contributed by atoms with Crippen molar-refractivity contribution in [1.29, 1.82) is 0 Å². The van der Waals surface area contributed by atoms with Crippen LogP contribution in [0.15, 0.2) is 71.9 Å². The molecule has 1 aromatic heterocycles. The Morgan fingerprint density at radius 3 is 2.24 bits per heavy atom. The average molecular weight is 539 g/mol. The number of halogens is 6. The van der Waals surface area contributed by atoms with E-state index in [9.17, 15) is 31.1 Å². The summed E-state index contributed by atoms with van der Waals surface area (Å²) in [6.07, 6.45) is -8.93. The molecule has 4 aromatic rings. The second kappa shape index (κ2) is 10.5. The van der Waals surface area contributed by atoms with Crippen molar-refractivity contribution in [2.24, 2.45) is 0 Å². The summed E-state index contributed by atoms with van der Waals surface area (Å²) in [7, 11) is 0. The third kappa shape index (κ3) is 6.27. The highest BCUT2D eigenvalue weighted by Gasteiger charge is 2.31. The maximum Gasteiger partial charge on any atom is 0.416 e. The fraction of sp³-hybridized carbons (Fsp3) is 0.231. The summed E-state index contributed by atoms with van der Waals surface area (Å²) < 4.78 is 85.0. The van der Waals surface area contributed by atoms with E-state index in [1.165, 1.54) is 30.0 Å². The molecular weight excluding hydrogens is 518 g/mol. The number of esters is 1. The molecule has 11 heteroatoms. The van der Waals surface area contributed by atoms with Gasteiger partial charge in [-0.2, -0.15) is 26.3 Å². The normalized spacial score (nSPS) is 12.2. The third-order valence-corrected chi connectivity index (χ3v) is 6.52. The van der Waals surface area contributed by atoms with Crippen molar-refractivity contribution in [2.45, 2.75) is 36.7 Å². The summed E-state index contributed by atoms with van der Waals surface area (Å²) in [6, 6.07) is 14.4. The van der Waals surface area contributed by atoms with Crippen LogP contribution < -0.4 is 0 Å². The molecule has 0 aliphatic heterocycles. The van der Waals surface area contributed by atoms with Crippen molar-refractivity contribution >= 4 is 28.8 Å². The van der Waals surface area contributed by atoms with Crippen LogP contribution in [-0.4, -0.2) is 22.1 Å². The molecule has 4 rings (SSSR count). The number of aromatic nitrogens is 2. The van der Waals surface area contributed by atoms with E-state index in [0.29, 0.717) is 27.3 Å². The van der Waals surface area contributed by atoms with Crippen molar-refractivity contribution in [3.63, 3.8) is 0 Å². The van der Waals surface area contributed by atoms with Gasteiger partial charge in [0.25, 0.3) is 0 Å². The van der Waals surface area contributed by atoms with Crippen LogP contribution in [0.2, 0.25) is 0 Å². The second-order valence-corrected chi connectivity index (χ2v) is 9.03. The Kier molecular flexibility index (Phi) is 7.54.